The number of benzene rings is 3. The number of carbonyl (C=O) groups is 2. The molecule has 1 heterocycles. The zero-order valence-corrected chi connectivity index (χ0v) is 21.3. The Morgan fingerprint density at radius 2 is 1.86 bits per heavy atom. The number of ether oxygens (including phenoxy) is 2. The molecule has 4 N–H and O–H groups in total. The van der Waals surface area contributed by atoms with E-state index in [-0.39, 0.29) is 39.0 Å². The first kappa shape index (κ1) is 26.8. The lowest BCUT2D eigenvalue weighted by Crippen LogP contribution is -2.46. The number of hydrogen-bond acceptors (Lipinski definition) is 6. The Bertz CT molecular complexity index is 1370. The molecule has 11 heteroatoms. The Hall–Kier alpha value is -3.24. The SMILES string of the molecule is COC(=O)c1ccc(NC(=O)[C@@H]2NC[C@](N)(c3ccc(Cl)cc3F)[C@H]2c2cccc(Cl)c2F)cc1OC. The molecule has 1 fully saturated rings. The van der Waals surface area contributed by atoms with Gasteiger partial charge in [0.25, 0.3) is 0 Å². The van der Waals surface area contributed by atoms with Gasteiger partial charge in [-0.25, -0.2) is 13.6 Å². The highest BCUT2D eigenvalue weighted by Crippen LogP contribution is 2.44. The minimum atomic E-state index is -1.53. The first-order chi connectivity index (χ1) is 17.6. The summed E-state index contributed by atoms with van der Waals surface area (Å²) >= 11 is 12.0. The summed E-state index contributed by atoms with van der Waals surface area (Å²) in [7, 11) is 2.61. The molecule has 37 heavy (non-hydrogen) atoms. The van der Waals surface area contributed by atoms with Gasteiger partial charge in [0.1, 0.15) is 22.9 Å². The Balaban J connectivity index is 1.74. The molecule has 0 bridgehead atoms. The highest BCUT2D eigenvalue weighted by molar-refractivity contribution is 6.31. The van der Waals surface area contributed by atoms with Crippen LogP contribution in [0.15, 0.2) is 54.6 Å². The van der Waals surface area contributed by atoms with E-state index in [1.807, 2.05) is 0 Å². The number of carbonyl (C=O) groups excluding carboxylic acids is 2. The van der Waals surface area contributed by atoms with Crippen LogP contribution in [0, 0.1) is 11.6 Å². The van der Waals surface area contributed by atoms with Gasteiger partial charge in [0.15, 0.2) is 0 Å². The number of amides is 1. The summed E-state index contributed by atoms with van der Waals surface area (Å²) in [6.07, 6.45) is 0. The van der Waals surface area contributed by atoms with Gasteiger partial charge in [-0.15, -0.1) is 0 Å². The van der Waals surface area contributed by atoms with E-state index in [9.17, 15) is 9.59 Å². The quantitative estimate of drug-likeness (QED) is 0.388. The van der Waals surface area contributed by atoms with Crippen LogP contribution in [0.3, 0.4) is 0 Å². The van der Waals surface area contributed by atoms with Crippen LogP contribution in [0.1, 0.15) is 27.4 Å². The fourth-order valence-corrected chi connectivity index (χ4v) is 5.00. The summed E-state index contributed by atoms with van der Waals surface area (Å²) in [5.41, 5.74) is 5.80. The second kappa shape index (κ2) is 10.6. The van der Waals surface area contributed by atoms with Crippen LogP contribution in [0.25, 0.3) is 0 Å². The van der Waals surface area contributed by atoms with Crippen molar-refractivity contribution >= 4 is 40.8 Å². The third-order valence-electron chi connectivity index (χ3n) is 6.41. The molecule has 1 aliphatic heterocycles. The molecule has 0 aliphatic carbocycles. The van der Waals surface area contributed by atoms with Crippen molar-refractivity contribution in [3.8, 4) is 5.75 Å². The molecular weight excluding hydrogens is 527 g/mol. The van der Waals surface area contributed by atoms with E-state index in [4.69, 9.17) is 38.4 Å². The van der Waals surface area contributed by atoms with Gasteiger partial charge < -0.3 is 25.8 Å². The number of anilines is 1. The smallest absolute Gasteiger partial charge is 0.341 e. The molecule has 3 atom stereocenters. The fraction of sp³-hybridized carbons (Fsp3) is 0.231. The normalized spacial score (nSPS) is 20.9. The van der Waals surface area contributed by atoms with Crippen LogP contribution in [0.5, 0.6) is 5.75 Å². The first-order valence-electron chi connectivity index (χ1n) is 11.1. The summed E-state index contributed by atoms with van der Waals surface area (Å²) in [6, 6.07) is 11.7. The molecule has 4 rings (SSSR count). The van der Waals surface area contributed by atoms with Crippen LogP contribution in [0.4, 0.5) is 14.5 Å². The molecule has 3 aromatic rings. The summed E-state index contributed by atoms with van der Waals surface area (Å²) < 4.78 is 40.3. The number of hydrogen-bond donors (Lipinski definition) is 3. The van der Waals surface area contributed by atoms with E-state index in [1.165, 1.54) is 62.8 Å². The third kappa shape index (κ3) is 5.00. The lowest BCUT2D eigenvalue weighted by molar-refractivity contribution is -0.118. The van der Waals surface area contributed by atoms with Crippen molar-refractivity contribution in [1.29, 1.82) is 0 Å². The number of halogens is 4. The van der Waals surface area contributed by atoms with Gasteiger partial charge in [-0.1, -0.05) is 41.4 Å². The molecule has 1 amide bonds. The maximum atomic E-state index is 15.3. The van der Waals surface area contributed by atoms with Gasteiger partial charge >= 0.3 is 5.97 Å². The van der Waals surface area contributed by atoms with Gasteiger partial charge in [-0.2, -0.15) is 0 Å². The Kier molecular flexibility index (Phi) is 7.70. The average molecular weight is 550 g/mol. The van der Waals surface area contributed by atoms with Crippen molar-refractivity contribution in [1.82, 2.24) is 5.32 Å². The van der Waals surface area contributed by atoms with Gasteiger partial charge in [0.05, 0.1) is 30.8 Å². The average Bonchev–Trinajstić information content (AvgIpc) is 3.22. The second-order valence-corrected chi connectivity index (χ2v) is 9.38. The Morgan fingerprint density at radius 1 is 1.11 bits per heavy atom. The van der Waals surface area contributed by atoms with Crippen molar-refractivity contribution in [3.63, 3.8) is 0 Å². The highest BCUT2D eigenvalue weighted by Gasteiger charge is 2.52. The number of rotatable bonds is 6. The molecule has 3 aromatic carbocycles. The van der Waals surface area contributed by atoms with Crippen LogP contribution in [-0.4, -0.2) is 38.7 Å². The summed E-state index contributed by atoms with van der Waals surface area (Å²) in [6.45, 7) is -0.0507. The maximum absolute atomic E-state index is 15.3. The molecule has 0 unspecified atom stereocenters. The van der Waals surface area contributed by atoms with E-state index in [0.29, 0.717) is 5.69 Å². The number of methoxy groups -OCH3 is 2. The lowest BCUT2D eigenvalue weighted by atomic mass is 9.74. The molecule has 0 spiro atoms. The maximum Gasteiger partial charge on any atom is 0.341 e. The van der Waals surface area contributed by atoms with E-state index < -0.39 is 41.0 Å². The Morgan fingerprint density at radius 3 is 2.54 bits per heavy atom. The monoisotopic (exact) mass is 549 g/mol. The van der Waals surface area contributed by atoms with Crippen molar-refractivity contribution < 1.29 is 27.8 Å². The van der Waals surface area contributed by atoms with Crippen LogP contribution >= 0.6 is 23.2 Å². The molecule has 0 saturated carbocycles. The molecule has 1 aliphatic rings. The van der Waals surface area contributed by atoms with Crippen LogP contribution in [-0.2, 0) is 15.1 Å². The largest absolute Gasteiger partial charge is 0.496 e. The molecule has 1 saturated heterocycles. The second-order valence-electron chi connectivity index (χ2n) is 8.54. The topological polar surface area (TPSA) is 103 Å². The number of esters is 1. The highest BCUT2D eigenvalue weighted by atomic mass is 35.5. The summed E-state index contributed by atoms with van der Waals surface area (Å²) in [4.78, 5) is 25.4. The third-order valence-corrected chi connectivity index (χ3v) is 6.94. The predicted octanol–water partition coefficient (Wildman–Crippen LogP) is 4.62. The minimum absolute atomic E-state index is 0.0492. The van der Waals surface area contributed by atoms with Crippen molar-refractivity contribution in [2.75, 3.05) is 26.1 Å². The molecule has 7 nitrogen and oxygen atoms in total. The van der Waals surface area contributed by atoms with Crippen LogP contribution < -0.4 is 21.1 Å². The van der Waals surface area contributed by atoms with E-state index in [0.717, 1.165) is 6.07 Å². The number of nitrogens with one attached hydrogen (secondary N) is 2. The van der Waals surface area contributed by atoms with Gasteiger partial charge in [0.2, 0.25) is 5.91 Å². The molecule has 194 valence electrons. The fourth-order valence-electron chi connectivity index (χ4n) is 4.66. The van der Waals surface area contributed by atoms with Gasteiger partial charge in [-0.3, -0.25) is 4.79 Å². The van der Waals surface area contributed by atoms with E-state index in [2.05, 4.69) is 10.6 Å². The zero-order valence-electron chi connectivity index (χ0n) is 19.8. The molecular formula is C26H23Cl2F2N3O4. The van der Waals surface area contributed by atoms with Gasteiger partial charge in [0, 0.05) is 34.8 Å². The lowest BCUT2D eigenvalue weighted by Gasteiger charge is -2.34. The summed E-state index contributed by atoms with van der Waals surface area (Å²) in [5, 5.41) is 5.75. The van der Waals surface area contributed by atoms with Gasteiger partial charge in [-0.05, 0) is 35.9 Å². The molecule has 0 aromatic heterocycles. The standard InChI is InChI=1S/C26H23Cl2F2N3O4/c1-36-20-11-14(7-8-15(20)25(35)37-2)33-24(34)23-21(16-4-3-5-18(28)22(16)30)26(31,12-32-23)17-9-6-13(27)10-19(17)29/h3-11,21,23,32H,12,31H2,1-2H3,(H,33,34)/t21-,23+,26-/m0/s1. The van der Waals surface area contributed by atoms with E-state index >= 15 is 8.78 Å². The predicted molar refractivity (Wildman–Crippen MR) is 136 cm³/mol. The van der Waals surface area contributed by atoms with Crippen molar-refractivity contribution in [2.45, 2.75) is 17.5 Å². The van der Waals surface area contributed by atoms with Crippen molar-refractivity contribution in [2.24, 2.45) is 5.73 Å². The first-order valence-corrected chi connectivity index (χ1v) is 11.8. The van der Waals surface area contributed by atoms with Crippen molar-refractivity contribution in [3.05, 3.63) is 93.0 Å². The summed E-state index contributed by atoms with van der Waals surface area (Å²) in [5.74, 6) is -3.51. The number of nitrogens with two attached hydrogens (primary N) is 1. The molecule has 0 radical (unpaired) electrons. The van der Waals surface area contributed by atoms with Crippen LogP contribution in [0.2, 0.25) is 10.0 Å². The Labute approximate surface area is 221 Å². The van der Waals surface area contributed by atoms with E-state index in [1.54, 1.807) is 0 Å². The minimum Gasteiger partial charge on any atom is -0.496 e. The zero-order chi connectivity index (χ0) is 26.9.